The van der Waals surface area contributed by atoms with E-state index in [1.54, 1.807) is 21.9 Å². The van der Waals surface area contributed by atoms with E-state index in [0.29, 0.717) is 37.8 Å². The van der Waals surface area contributed by atoms with Crippen molar-refractivity contribution < 1.29 is 24.0 Å². The second kappa shape index (κ2) is 11.3. The second-order valence-electron chi connectivity index (χ2n) is 13.2. The Morgan fingerprint density at radius 2 is 1.65 bits per heavy atom. The summed E-state index contributed by atoms with van der Waals surface area (Å²) in [5.41, 5.74) is 0.566. The van der Waals surface area contributed by atoms with Crippen molar-refractivity contribution >= 4 is 29.4 Å². The summed E-state index contributed by atoms with van der Waals surface area (Å²) < 4.78 is 0. The number of carbonyl (C=O) groups excluding carboxylic acids is 5. The molecule has 2 heterocycles. The van der Waals surface area contributed by atoms with Gasteiger partial charge in [0, 0.05) is 19.0 Å². The number of Topliss-reactive ketones (excluding diaryl/α,β-unsaturated/α-hetero) is 1. The zero-order valence-corrected chi connectivity index (χ0v) is 24.7. The monoisotopic (exact) mass is 552 g/mol. The average molecular weight is 553 g/mol. The number of ketones is 1. The van der Waals surface area contributed by atoms with Crippen LogP contribution in [0, 0.1) is 5.92 Å². The van der Waals surface area contributed by atoms with Crippen LogP contribution in [0.15, 0.2) is 24.3 Å². The highest BCUT2D eigenvalue weighted by atomic mass is 16.2. The molecule has 1 saturated carbocycles. The molecule has 0 spiro atoms. The first-order valence-electron chi connectivity index (χ1n) is 14.6. The number of amides is 4. The number of nitrogens with one attached hydrogen (secondary N) is 2. The fourth-order valence-corrected chi connectivity index (χ4v) is 6.58. The van der Waals surface area contributed by atoms with E-state index in [4.69, 9.17) is 0 Å². The molecular formula is C31H44N4O5. The molecule has 9 heteroatoms. The summed E-state index contributed by atoms with van der Waals surface area (Å²) in [6.45, 7) is 12.0. The predicted octanol–water partition coefficient (Wildman–Crippen LogP) is 2.96. The van der Waals surface area contributed by atoms with Gasteiger partial charge in [-0.3, -0.25) is 24.0 Å². The Morgan fingerprint density at radius 3 is 2.20 bits per heavy atom. The molecule has 2 N–H and O–H groups in total. The van der Waals surface area contributed by atoms with Gasteiger partial charge in [-0.05, 0) is 54.7 Å². The summed E-state index contributed by atoms with van der Waals surface area (Å²) in [7, 11) is 0. The lowest BCUT2D eigenvalue weighted by atomic mass is 9.86. The normalized spacial score (nSPS) is 22.8. The molecule has 0 bridgehead atoms. The van der Waals surface area contributed by atoms with Gasteiger partial charge in [-0.1, -0.05) is 59.6 Å². The van der Waals surface area contributed by atoms with Gasteiger partial charge >= 0.3 is 0 Å². The summed E-state index contributed by atoms with van der Waals surface area (Å²) in [6, 6.07) is 5.47. The number of carbonyl (C=O) groups is 5. The van der Waals surface area contributed by atoms with Crippen LogP contribution < -0.4 is 10.6 Å². The van der Waals surface area contributed by atoms with E-state index in [2.05, 4.69) is 31.4 Å². The number of fused-ring (bicyclic) bond motifs is 1. The van der Waals surface area contributed by atoms with Gasteiger partial charge in [0.15, 0.2) is 5.78 Å². The number of rotatable bonds is 7. The number of nitrogens with zero attached hydrogens (tertiary/aromatic N) is 2. The Hall–Kier alpha value is -3.23. The molecule has 3 fully saturated rings. The smallest absolute Gasteiger partial charge is 0.251 e. The fourth-order valence-electron chi connectivity index (χ4n) is 6.58. The molecule has 40 heavy (non-hydrogen) atoms. The van der Waals surface area contributed by atoms with Gasteiger partial charge in [-0.15, -0.1) is 0 Å². The largest absolute Gasteiger partial charge is 0.342 e. The SMILES string of the molecule is CC(=O)NC1(C(=O)N2CC(=O)C3C2CCN3C(=O)C(CC(C)C)NC(=O)c2ccc(C(C)(C)C)cc2)CCCC1. The Kier molecular flexibility index (Phi) is 8.43. The van der Waals surface area contributed by atoms with Crippen molar-refractivity contribution in [3.63, 3.8) is 0 Å². The van der Waals surface area contributed by atoms with E-state index >= 15 is 0 Å². The molecule has 3 atom stereocenters. The number of benzene rings is 1. The highest BCUT2D eigenvalue weighted by molar-refractivity contribution is 6.02. The highest BCUT2D eigenvalue weighted by Crippen LogP contribution is 2.37. The van der Waals surface area contributed by atoms with E-state index in [0.717, 1.165) is 18.4 Å². The van der Waals surface area contributed by atoms with Crippen LogP contribution in [-0.2, 0) is 24.6 Å². The van der Waals surface area contributed by atoms with Gasteiger partial charge in [0.25, 0.3) is 5.91 Å². The Labute approximate surface area is 237 Å². The average Bonchev–Trinajstić information content (AvgIpc) is 3.59. The van der Waals surface area contributed by atoms with Crippen LogP contribution in [0.25, 0.3) is 0 Å². The van der Waals surface area contributed by atoms with Crippen LogP contribution in [-0.4, -0.2) is 76.0 Å². The minimum Gasteiger partial charge on any atom is -0.342 e. The maximum absolute atomic E-state index is 13.9. The van der Waals surface area contributed by atoms with Gasteiger partial charge in [0.1, 0.15) is 17.6 Å². The third kappa shape index (κ3) is 5.93. The van der Waals surface area contributed by atoms with E-state index < -0.39 is 23.7 Å². The first kappa shape index (κ1) is 29.7. The molecule has 218 valence electrons. The molecule has 1 aromatic rings. The lowest BCUT2D eigenvalue weighted by Gasteiger charge is -2.35. The van der Waals surface area contributed by atoms with Crippen LogP contribution in [0.4, 0.5) is 0 Å². The summed E-state index contributed by atoms with van der Waals surface area (Å²) in [4.78, 5) is 69.1. The third-order valence-corrected chi connectivity index (χ3v) is 8.57. The molecule has 0 radical (unpaired) electrons. The van der Waals surface area contributed by atoms with Crippen molar-refractivity contribution in [2.75, 3.05) is 13.1 Å². The molecule has 4 amide bonds. The van der Waals surface area contributed by atoms with Gasteiger partial charge < -0.3 is 20.4 Å². The van der Waals surface area contributed by atoms with E-state index in [-0.39, 0.29) is 47.3 Å². The van der Waals surface area contributed by atoms with Gasteiger partial charge in [0.2, 0.25) is 17.7 Å². The molecule has 2 aliphatic heterocycles. The minimum atomic E-state index is -0.977. The molecule has 1 aliphatic carbocycles. The zero-order valence-electron chi connectivity index (χ0n) is 24.7. The summed E-state index contributed by atoms with van der Waals surface area (Å²) in [5.74, 6) is -1.15. The molecule has 3 unspecified atom stereocenters. The van der Waals surface area contributed by atoms with Crippen molar-refractivity contribution in [1.29, 1.82) is 0 Å². The number of likely N-dealkylation sites (tertiary alicyclic amines) is 2. The molecule has 0 aromatic heterocycles. The van der Waals surface area contributed by atoms with Crippen LogP contribution in [0.2, 0.25) is 0 Å². The molecule has 9 nitrogen and oxygen atoms in total. The standard InChI is InChI=1S/C31H44N4O5/c1-19(2)17-23(32-27(38)21-9-11-22(12-10-21)30(4,5)6)28(39)34-16-13-24-26(34)25(37)18-35(24)29(40)31(33-20(3)36)14-7-8-15-31/h9-12,19,23-24,26H,7-8,13-18H2,1-6H3,(H,32,38)(H,33,36). The molecule has 4 rings (SSSR count). The second-order valence-corrected chi connectivity index (χ2v) is 13.2. The van der Waals surface area contributed by atoms with E-state index in [9.17, 15) is 24.0 Å². The fraction of sp³-hybridized carbons (Fsp3) is 0.645. The molecule has 2 saturated heterocycles. The zero-order chi connectivity index (χ0) is 29.4. The third-order valence-electron chi connectivity index (χ3n) is 8.57. The topological polar surface area (TPSA) is 116 Å². The Bertz CT molecular complexity index is 1160. The lowest BCUT2D eigenvalue weighted by Crippen LogP contribution is -2.59. The molecule has 1 aromatic carbocycles. The van der Waals surface area contributed by atoms with Crippen molar-refractivity contribution in [1.82, 2.24) is 20.4 Å². The van der Waals surface area contributed by atoms with Crippen LogP contribution in [0.1, 0.15) is 96.0 Å². The van der Waals surface area contributed by atoms with Gasteiger partial charge in [-0.25, -0.2) is 0 Å². The quantitative estimate of drug-likeness (QED) is 0.540. The van der Waals surface area contributed by atoms with Crippen molar-refractivity contribution in [2.24, 2.45) is 5.92 Å². The first-order valence-corrected chi connectivity index (χ1v) is 14.6. The van der Waals surface area contributed by atoms with Gasteiger partial charge in [0.05, 0.1) is 12.6 Å². The van der Waals surface area contributed by atoms with Gasteiger partial charge in [-0.2, -0.15) is 0 Å². The minimum absolute atomic E-state index is 0.0416. The number of hydrogen-bond acceptors (Lipinski definition) is 5. The number of hydrogen-bond donors (Lipinski definition) is 2. The highest BCUT2D eigenvalue weighted by Gasteiger charge is 2.56. The first-order chi connectivity index (χ1) is 18.7. The van der Waals surface area contributed by atoms with Crippen molar-refractivity contribution in [3.05, 3.63) is 35.4 Å². The van der Waals surface area contributed by atoms with Crippen LogP contribution in [0.3, 0.4) is 0 Å². The summed E-state index contributed by atoms with van der Waals surface area (Å²) in [5, 5.41) is 5.81. The lowest BCUT2D eigenvalue weighted by molar-refractivity contribution is -0.142. The van der Waals surface area contributed by atoms with E-state index in [1.165, 1.54) is 6.92 Å². The van der Waals surface area contributed by atoms with Crippen LogP contribution in [0.5, 0.6) is 0 Å². The maximum Gasteiger partial charge on any atom is 0.251 e. The predicted molar refractivity (Wildman–Crippen MR) is 151 cm³/mol. The van der Waals surface area contributed by atoms with Crippen molar-refractivity contribution in [2.45, 2.75) is 109 Å². The maximum atomic E-state index is 13.9. The van der Waals surface area contributed by atoms with Crippen LogP contribution >= 0.6 is 0 Å². The summed E-state index contributed by atoms with van der Waals surface area (Å²) in [6.07, 6.45) is 3.69. The summed E-state index contributed by atoms with van der Waals surface area (Å²) >= 11 is 0. The van der Waals surface area contributed by atoms with Crippen molar-refractivity contribution in [3.8, 4) is 0 Å². The Balaban J connectivity index is 1.50. The Morgan fingerprint density at radius 1 is 1.02 bits per heavy atom. The van der Waals surface area contributed by atoms with E-state index in [1.807, 2.05) is 26.0 Å². The molecular weight excluding hydrogens is 508 g/mol. The molecule has 3 aliphatic rings.